The van der Waals surface area contributed by atoms with Crippen LogP contribution in [-0.2, 0) is 4.79 Å². The normalized spacial score (nSPS) is 16.7. The maximum Gasteiger partial charge on any atom is 0.231 e. The lowest BCUT2D eigenvalue weighted by Crippen LogP contribution is -2.31. The minimum Gasteiger partial charge on any atom is -0.329 e. The Bertz CT molecular complexity index is 454. The van der Waals surface area contributed by atoms with Gasteiger partial charge in [-0.2, -0.15) is 0 Å². The molecule has 0 aromatic heterocycles. The molecule has 1 aliphatic carbocycles. The summed E-state index contributed by atoms with van der Waals surface area (Å²) in [7, 11) is 0. The second kappa shape index (κ2) is 4.55. The monoisotopic (exact) mass is 320 g/mol. The highest BCUT2D eigenvalue weighted by molar-refractivity contribution is 9.10. The largest absolute Gasteiger partial charge is 0.329 e. The zero-order valence-corrected chi connectivity index (χ0v) is 11.2. The molecule has 6 heteroatoms. The van der Waals surface area contributed by atoms with Gasteiger partial charge in [-0.05, 0) is 40.9 Å². The molecular weight excluding hydrogens is 310 g/mol. The number of carbonyl (C=O) groups excluding carboxylic acids is 1. The number of nitrogens with one attached hydrogen (secondary N) is 1. The molecule has 0 saturated heterocycles. The number of benzene rings is 1. The number of carbonyl (C=O) groups is 1. The van der Waals surface area contributed by atoms with Gasteiger partial charge in [0.1, 0.15) is 5.82 Å². The van der Waals surface area contributed by atoms with E-state index in [-0.39, 0.29) is 10.9 Å². The summed E-state index contributed by atoms with van der Waals surface area (Å²) in [6.07, 6.45) is 1.57. The molecular formula is C11H11BrClFN2O. The fourth-order valence-corrected chi connectivity index (χ4v) is 2.48. The molecule has 1 amide bonds. The second-order valence-corrected chi connectivity index (χ2v) is 5.44. The highest BCUT2D eigenvalue weighted by atomic mass is 79.9. The third-order valence-electron chi connectivity index (χ3n) is 2.97. The van der Waals surface area contributed by atoms with E-state index in [1.54, 1.807) is 0 Å². The number of hydrogen-bond donors (Lipinski definition) is 2. The average molecular weight is 322 g/mol. The van der Waals surface area contributed by atoms with Crippen molar-refractivity contribution in [2.75, 3.05) is 11.9 Å². The molecule has 1 aliphatic rings. The van der Waals surface area contributed by atoms with Crippen LogP contribution in [0.2, 0.25) is 5.02 Å². The first-order chi connectivity index (χ1) is 7.98. The zero-order chi connectivity index (χ0) is 12.6. The molecule has 0 unspecified atom stereocenters. The quantitative estimate of drug-likeness (QED) is 0.899. The van der Waals surface area contributed by atoms with Crippen molar-refractivity contribution < 1.29 is 9.18 Å². The molecule has 1 saturated carbocycles. The van der Waals surface area contributed by atoms with Gasteiger partial charge in [-0.25, -0.2) is 4.39 Å². The van der Waals surface area contributed by atoms with Gasteiger partial charge in [-0.15, -0.1) is 0 Å². The van der Waals surface area contributed by atoms with Crippen LogP contribution >= 0.6 is 27.5 Å². The summed E-state index contributed by atoms with van der Waals surface area (Å²) in [5, 5.41) is 2.86. The van der Waals surface area contributed by atoms with Crippen LogP contribution in [0.1, 0.15) is 12.8 Å². The standard InChI is InChI=1S/C11H11BrClFN2O/c12-7-3-6(14)4-8(13)9(7)16-10(17)11(5-15)1-2-11/h3-4H,1-2,5,15H2,(H,16,17). The van der Waals surface area contributed by atoms with Gasteiger partial charge in [-0.3, -0.25) is 4.79 Å². The molecule has 3 N–H and O–H groups in total. The third-order valence-corrected chi connectivity index (χ3v) is 3.89. The van der Waals surface area contributed by atoms with Gasteiger partial charge in [0, 0.05) is 11.0 Å². The molecule has 1 aromatic rings. The van der Waals surface area contributed by atoms with Gasteiger partial charge in [0.15, 0.2) is 0 Å². The van der Waals surface area contributed by atoms with Gasteiger partial charge in [0.05, 0.1) is 16.1 Å². The lowest BCUT2D eigenvalue weighted by molar-refractivity contribution is -0.120. The number of halogens is 3. The van der Waals surface area contributed by atoms with Crippen molar-refractivity contribution in [3.05, 3.63) is 27.4 Å². The summed E-state index contributed by atoms with van der Waals surface area (Å²) in [5.74, 6) is -0.617. The Labute approximate surface area is 112 Å². The first-order valence-corrected chi connectivity index (χ1v) is 6.32. The molecule has 0 radical (unpaired) electrons. The first kappa shape index (κ1) is 12.8. The summed E-state index contributed by atoms with van der Waals surface area (Å²) >= 11 is 9.04. The summed E-state index contributed by atoms with van der Waals surface area (Å²) in [4.78, 5) is 12.0. The Morgan fingerprint density at radius 1 is 1.59 bits per heavy atom. The van der Waals surface area contributed by atoms with E-state index >= 15 is 0 Å². The maximum atomic E-state index is 13.0. The fraction of sp³-hybridized carbons (Fsp3) is 0.364. The van der Waals surface area contributed by atoms with Crippen LogP contribution in [0.4, 0.5) is 10.1 Å². The molecule has 1 aromatic carbocycles. The fourth-order valence-electron chi connectivity index (χ4n) is 1.58. The van der Waals surface area contributed by atoms with Crippen LogP contribution in [0.3, 0.4) is 0 Å². The second-order valence-electron chi connectivity index (χ2n) is 4.18. The van der Waals surface area contributed by atoms with E-state index in [0.717, 1.165) is 18.9 Å². The van der Waals surface area contributed by atoms with Crippen molar-refractivity contribution >= 4 is 39.1 Å². The van der Waals surface area contributed by atoms with Crippen LogP contribution in [0.15, 0.2) is 16.6 Å². The van der Waals surface area contributed by atoms with E-state index in [9.17, 15) is 9.18 Å². The Morgan fingerprint density at radius 3 is 2.71 bits per heavy atom. The minimum absolute atomic E-state index is 0.158. The van der Waals surface area contributed by atoms with E-state index < -0.39 is 11.2 Å². The first-order valence-electron chi connectivity index (χ1n) is 5.14. The molecule has 1 fully saturated rings. The molecule has 3 nitrogen and oxygen atoms in total. The average Bonchev–Trinajstić information content (AvgIpc) is 3.03. The summed E-state index contributed by atoms with van der Waals surface area (Å²) < 4.78 is 13.4. The SMILES string of the molecule is NCC1(C(=O)Nc2c(Cl)cc(F)cc2Br)CC1. The van der Waals surface area contributed by atoms with Crippen LogP contribution in [0.25, 0.3) is 0 Å². The van der Waals surface area contributed by atoms with Crippen LogP contribution in [0, 0.1) is 11.2 Å². The summed E-state index contributed by atoms with van der Waals surface area (Å²) in [6, 6.07) is 2.41. The van der Waals surface area contributed by atoms with E-state index in [2.05, 4.69) is 21.2 Å². The van der Waals surface area contributed by atoms with Crippen molar-refractivity contribution in [1.82, 2.24) is 0 Å². The van der Waals surface area contributed by atoms with E-state index in [1.807, 2.05) is 0 Å². The summed E-state index contributed by atoms with van der Waals surface area (Å²) in [6.45, 7) is 0.315. The van der Waals surface area contributed by atoms with Gasteiger partial charge in [-0.1, -0.05) is 11.6 Å². The van der Waals surface area contributed by atoms with Gasteiger partial charge < -0.3 is 11.1 Å². The Hall–Kier alpha value is -0.650. The van der Waals surface area contributed by atoms with Crippen LogP contribution in [-0.4, -0.2) is 12.5 Å². The molecule has 0 bridgehead atoms. The molecule has 0 spiro atoms. The number of hydrogen-bond acceptors (Lipinski definition) is 2. The Morgan fingerprint density at radius 2 is 2.24 bits per heavy atom. The molecule has 17 heavy (non-hydrogen) atoms. The van der Waals surface area contributed by atoms with E-state index in [1.165, 1.54) is 6.07 Å². The van der Waals surface area contributed by atoms with Crippen molar-refractivity contribution in [2.45, 2.75) is 12.8 Å². The minimum atomic E-state index is -0.461. The molecule has 0 aliphatic heterocycles. The lowest BCUT2D eigenvalue weighted by atomic mass is 10.1. The smallest absolute Gasteiger partial charge is 0.231 e. The predicted molar refractivity (Wildman–Crippen MR) is 68.5 cm³/mol. The highest BCUT2D eigenvalue weighted by Crippen LogP contribution is 2.46. The predicted octanol–water partition coefficient (Wildman–Crippen LogP) is 2.92. The van der Waals surface area contributed by atoms with Crippen molar-refractivity contribution in [3.63, 3.8) is 0 Å². The van der Waals surface area contributed by atoms with Gasteiger partial charge in [0.2, 0.25) is 5.91 Å². The van der Waals surface area contributed by atoms with Crippen molar-refractivity contribution in [3.8, 4) is 0 Å². The number of rotatable bonds is 3. The van der Waals surface area contributed by atoms with Crippen molar-refractivity contribution in [2.24, 2.45) is 11.1 Å². The van der Waals surface area contributed by atoms with Crippen molar-refractivity contribution in [1.29, 1.82) is 0 Å². The van der Waals surface area contributed by atoms with Crippen LogP contribution in [0.5, 0.6) is 0 Å². The number of nitrogens with two attached hydrogens (primary N) is 1. The maximum absolute atomic E-state index is 13.0. The van der Waals surface area contributed by atoms with Gasteiger partial charge in [0.25, 0.3) is 0 Å². The topological polar surface area (TPSA) is 55.1 Å². The molecule has 0 atom stereocenters. The van der Waals surface area contributed by atoms with E-state index in [0.29, 0.717) is 16.7 Å². The molecule has 2 rings (SSSR count). The molecule has 0 heterocycles. The lowest BCUT2D eigenvalue weighted by Gasteiger charge is -2.15. The molecule has 92 valence electrons. The Balaban J connectivity index is 2.22. The summed E-state index contributed by atoms with van der Waals surface area (Å²) in [5.41, 5.74) is 5.48. The van der Waals surface area contributed by atoms with E-state index in [4.69, 9.17) is 17.3 Å². The third kappa shape index (κ3) is 2.46. The zero-order valence-electron chi connectivity index (χ0n) is 8.90. The number of anilines is 1. The van der Waals surface area contributed by atoms with Gasteiger partial charge >= 0.3 is 0 Å². The number of amides is 1. The Kier molecular flexibility index (Phi) is 3.43. The highest BCUT2D eigenvalue weighted by Gasteiger charge is 2.48. The van der Waals surface area contributed by atoms with Crippen LogP contribution < -0.4 is 11.1 Å².